The Morgan fingerprint density at radius 1 is 1.00 bits per heavy atom. The highest BCUT2D eigenvalue weighted by atomic mass is 35.5. The van der Waals surface area contributed by atoms with Crippen LogP contribution in [0.25, 0.3) is 33.6 Å². The number of ether oxygens (including phenoxy) is 2. The second-order valence-electron chi connectivity index (χ2n) is 11.7. The van der Waals surface area contributed by atoms with Gasteiger partial charge in [0.05, 0.1) is 35.7 Å². The number of carbonyl (C=O) groups excluding carboxylic acids is 1. The van der Waals surface area contributed by atoms with Crippen LogP contribution in [0.2, 0.25) is 10.0 Å². The van der Waals surface area contributed by atoms with E-state index in [1.54, 1.807) is 25.4 Å². The lowest BCUT2D eigenvalue weighted by atomic mass is 9.99. The summed E-state index contributed by atoms with van der Waals surface area (Å²) in [5.74, 6) is 1.01. The van der Waals surface area contributed by atoms with Gasteiger partial charge in [0.1, 0.15) is 11.6 Å². The Bertz CT molecular complexity index is 1720. The summed E-state index contributed by atoms with van der Waals surface area (Å²) in [6.45, 7) is 6.48. The molecule has 0 aliphatic carbocycles. The highest BCUT2D eigenvalue weighted by Gasteiger charge is 2.22. The minimum Gasteiger partial charge on any atom is -0.496 e. The van der Waals surface area contributed by atoms with Gasteiger partial charge in [-0.3, -0.25) is 9.78 Å². The van der Waals surface area contributed by atoms with Crippen molar-refractivity contribution >= 4 is 29.1 Å². The quantitative estimate of drug-likeness (QED) is 0.141. The zero-order valence-electron chi connectivity index (χ0n) is 26.3. The number of nitrogens with one attached hydrogen (secondary N) is 3. The molecule has 5 rings (SSSR count). The zero-order valence-corrected chi connectivity index (χ0v) is 27.9. The number of methoxy groups -OCH3 is 2. The molecule has 1 atom stereocenters. The molecule has 4 aromatic rings. The molecule has 1 aliphatic rings. The molecule has 1 saturated heterocycles. The number of pyridine rings is 2. The number of hydrogen-bond donors (Lipinski definition) is 3. The molecule has 1 amide bonds. The largest absolute Gasteiger partial charge is 0.496 e. The Labute approximate surface area is 279 Å². The minimum absolute atomic E-state index is 0.0900. The second kappa shape index (κ2) is 15.2. The molecule has 3 N–H and O–H groups in total. The van der Waals surface area contributed by atoms with E-state index in [2.05, 4.69) is 34.8 Å². The van der Waals surface area contributed by atoms with Crippen LogP contribution in [0.3, 0.4) is 0 Å². The van der Waals surface area contributed by atoms with E-state index in [9.17, 15) is 4.79 Å². The third kappa shape index (κ3) is 7.61. The molecule has 11 heteroatoms. The fourth-order valence-electron chi connectivity index (χ4n) is 5.52. The van der Waals surface area contributed by atoms with Crippen LogP contribution >= 0.6 is 23.2 Å². The summed E-state index contributed by atoms with van der Waals surface area (Å²) in [4.78, 5) is 20.7. The van der Waals surface area contributed by atoms with E-state index >= 15 is 4.39 Å². The number of hydrogen-bond acceptors (Lipinski definition) is 7. The van der Waals surface area contributed by atoms with E-state index in [-0.39, 0.29) is 11.9 Å². The van der Waals surface area contributed by atoms with Crippen LogP contribution in [0.15, 0.2) is 54.7 Å². The van der Waals surface area contributed by atoms with Crippen molar-refractivity contribution in [2.45, 2.75) is 45.8 Å². The van der Waals surface area contributed by atoms with E-state index in [0.29, 0.717) is 92.9 Å². The maximum atomic E-state index is 15.4. The van der Waals surface area contributed by atoms with Crippen LogP contribution in [0, 0.1) is 11.7 Å². The van der Waals surface area contributed by atoms with Crippen molar-refractivity contribution in [3.63, 3.8) is 0 Å². The molecule has 3 heterocycles. The molecule has 1 aliphatic heterocycles. The molecule has 0 spiro atoms. The van der Waals surface area contributed by atoms with Gasteiger partial charge in [-0.25, -0.2) is 9.37 Å². The van der Waals surface area contributed by atoms with Crippen molar-refractivity contribution < 1.29 is 18.7 Å². The first-order chi connectivity index (χ1) is 22.2. The van der Waals surface area contributed by atoms with E-state index in [1.165, 1.54) is 13.2 Å². The van der Waals surface area contributed by atoms with Gasteiger partial charge < -0.3 is 25.4 Å². The predicted molar refractivity (Wildman–Crippen MR) is 181 cm³/mol. The van der Waals surface area contributed by atoms with Crippen molar-refractivity contribution in [1.82, 2.24) is 25.9 Å². The molecular weight excluding hydrogens is 628 g/mol. The molecule has 0 unspecified atom stereocenters. The van der Waals surface area contributed by atoms with Gasteiger partial charge in [-0.15, -0.1) is 0 Å². The predicted octanol–water partition coefficient (Wildman–Crippen LogP) is 7.05. The highest BCUT2D eigenvalue weighted by molar-refractivity contribution is 6.39. The fourth-order valence-corrected chi connectivity index (χ4v) is 6.17. The molecule has 0 saturated carbocycles. The first-order valence-corrected chi connectivity index (χ1v) is 16.0. The normalized spacial score (nSPS) is 14.5. The van der Waals surface area contributed by atoms with Crippen molar-refractivity contribution in [3.05, 3.63) is 81.7 Å². The monoisotopic (exact) mass is 665 g/mol. The van der Waals surface area contributed by atoms with Gasteiger partial charge in [-0.05, 0) is 43.1 Å². The van der Waals surface area contributed by atoms with E-state index in [4.69, 9.17) is 37.7 Å². The van der Waals surface area contributed by atoms with Gasteiger partial charge in [0.15, 0.2) is 0 Å². The van der Waals surface area contributed by atoms with E-state index < -0.39 is 5.82 Å². The molecular formula is C35H38Cl2FN5O3. The highest BCUT2D eigenvalue weighted by Crippen LogP contribution is 2.42. The molecule has 242 valence electrons. The van der Waals surface area contributed by atoms with Crippen molar-refractivity contribution in [2.75, 3.05) is 27.3 Å². The van der Waals surface area contributed by atoms with Gasteiger partial charge in [0, 0.05) is 71.7 Å². The van der Waals surface area contributed by atoms with Crippen molar-refractivity contribution in [2.24, 2.45) is 5.92 Å². The summed E-state index contributed by atoms with van der Waals surface area (Å²) < 4.78 is 26.5. The zero-order chi connectivity index (χ0) is 32.8. The summed E-state index contributed by atoms with van der Waals surface area (Å²) in [5, 5.41) is 10.4. The Morgan fingerprint density at radius 3 is 2.50 bits per heavy atom. The first-order valence-electron chi connectivity index (χ1n) is 15.2. The average molecular weight is 667 g/mol. The van der Waals surface area contributed by atoms with Gasteiger partial charge in [-0.2, -0.15) is 0 Å². The molecule has 2 aromatic carbocycles. The lowest BCUT2D eigenvalue weighted by Crippen LogP contribution is -2.35. The minimum atomic E-state index is -0.405. The average Bonchev–Trinajstić information content (AvgIpc) is 3.46. The van der Waals surface area contributed by atoms with E-state index in [0.717, 1.165) is 18.5 Å². The number of rotatable bonds is 13. The van der Waals surface area contributed by atoms with Crippen LogP contribution in [-0.2, 0) is 17.9 Å². The Kier molecular flexibility index (Phi) is 11.1. The number of amides is 1. The van der Waals surface area contributed by atoms with Crippen LogP contribution in [0.4, 0.5) is 4.39 Å². The van der Waals surface area contributed by atoms with Crippen LogP contribution in [0.5, 0.6) is 11.6 Å². The molecule has 46 heavy (non-hydrogen) atoms. The van der Waals surface area contributed by atoms with Crippen molar-refractivity contribution in [3.8, 4) is 45.3 Å². The van der Waals surface area contributed by atoms with Crippen molar-refractivity contribution in [1.29, 1.82) is 0 Å². The second-order valence-corrected chi connectivity index (χ2v) is 12.4. The lowest BCUT2D eigenvalue weighted by Gasteiger charge is -2.16. The van der Waals surface area contributed by atoms with Gasteiger partial charge in [-0.1, -0.05) is 61.3 Å². The molecule has 1 fully saturated rings. The molecule has 2 aromatic heterocycles. The number of halogens is 3. The Hall–Kier alpha value is -3.76. The smallest absolute Gasteiger partial charge is 0.220 e. The summed E-state index contributed by atoms with van der Waals surface area (Å²) in [5.41, 5.74) is 4.89. The topological polar surface area (TPSA) is 97.4 Å². The molecule has 0 radical (unpaired) electrons. The third-order valence-electron chi connectivity index (χ3n) is 7.88. The fraction of sp³-hybridized carbons (Fsp3) is 0.343. The van der Waals surface area contributed by atoms with Crippen LogP contribution in [0.1, 0.15) is 37.8 Å². The lowest BCUT2D eigenvalue weighted by molar-refractivity contribution is -0.119. The number of carbonyl (C=O) groups is 1. The summed E-state index contributed by atoms with van der Waals surface area (Å²) >= 11 is 14.0. The SMILES string of the molecule is COc1cc(-c2nccc(-c3cccc(-c4ccc(CNC[C@H]5CCC(=O)N5)c(OC)n4)c3Cl)c2Cl)cc(F)c1CNCC(C)C. The summed E-state index contributed by atoms with van der Waals surface area (Å²) in [6.07, 6.45) is 3.02. The Morgan fingerprint density at radius 2 is 1.78 bits per heavy atom. The van der Waals surface area contributed by atoms with Crippen LogP contribution < -0.4 is 25.4 Å². The number of aromatic nitrogens is 2. The first kappa shape index (κ1) is 33.6. The van der Waals surface area contributed by atoms with Gasteiger partial charge in [0.2, 0.25) is 11.8 Å². The van der Waals surface area contributed by atoms with Crippen LogP contribution in [-0.4, -0.2) is 49.2 Å². The molecule has 8 nitrogen and oxygen atoms in total. The van der Waals surface area contributed by atoms with E-state index in [1.807, 2.05) is 30.3 Å². The number of benzene rings is 2. The summed E-state index contributed by atoms with van der Waals surface area (Å²) in [6, 6.07) is 14.6. The standard InChI is InChI=1S/C35H38Cl2FN5O3/c1-20(2)16-39-19-27-28(38)14-22(15-30(27)45-3)34-33(37)25(12-13-41-34)24-6-5-7-26(32(24)36)29-10-8-21(35(43-29)46-4)17-40-18-23-9-11-31(44)42-23/h5-8,10,12-15,20,23,39-40H,9,11,16-19H2,1-4H3,(H,42,44)/t23-/m1/s1. The van der Waals surface area contributed by atoms with Gasteiger partial charge >= 0.3 is 0 Å². The maximum absolute atomic E-state index is 15.4. The summed E-state index contributed by atoms with van der Waals surface area (Å²) in [7, 11) is 3.10. The number of nitrogens with zero attached hydrogens (tertiary/aromatic N) is 2. The van der Waals surface area contributed by atoms with Gasteiger partial charge in [0.25, 0.3) is 0 Å². The molecule has 0 bridgehead atoms. The maximum Gasteiger partial charge on any atom is 0.220 e. The Balaban J connectivity index is 1.41. The third-order valence-corrected chi connectivity index (χ3v) is 8.67.